The van der Waals surface area contributed by atoms with Crippen LogP contribution < -0.4 is 16.0 Å². The van der Waals surface area contributed by atoms with Crippen molar-refractivity contribution < 1.29 is 26.7 Å². The Labute approximate surface area is 237 Å². The van der Waals surface area contributed by atoms with Gasteiger partial charge < -0.3 is 16.0 Å². The Hall–Kier alpha value is -4.59. The number of aryl methyl sites for hydroxylation is 2. The van der Waals surface area contributed by atoms with Crippen molar-refractivity contribution in [1.82, 2.24) is 24.6 Å². The van der Waals surface area contributed by atoms with Gasteiger partial charge in [-0.05, 0) is 55.3 Å². The molecule has 9 nitrogen and oxygen atoms in total. The molecule has 0 bridgehead atoms. The maximum Gasteiger partial charge on any atom is 0.416 e. The molecule has 4 aromatic rings. The number of nitrogens with zero attached hydrogens (tertiary/aromatic N) is 5. The molecule has 1 fully saturated rings. The SMILES string of the molecule is CNc1cc(-n2nc(C)cc2Nc2cc(NC(=O)c3cc(CN4CC(F)(F)C4)cc(C(F)(F)F)c3)ccc2C)ncn1. The molecule has 1 aliphatic rings. The second-order valence-electron chi connectivity index (χ2n) is 10.1. The van der Waals surface area contributed by atoms with Crippen molar-refractivity contribution in [2.24, 2.45) is 0 Å². The molecule has 0 atom stereocenters. The van der Waals surface area contributed by atoms with Gasteiger partial charge >= 0.3 is 6.18 Å². The van der Waals surface area contributed by atoms with Crippen molar-refractivity contribution in [3.05, 3.63) is 82.8 Å². The Bertz CT molecular complexity index is 1630. The van der Waals surface area contributed by atoms with Gasteiger partial charge in [-0.25, -0.2) is 18.7 Å². The van der Waals surface area contributed by atoms with Gasteiger partial charge in [-0.1, -0.05) is 6.07 Å². The van der Waals surface area contributed by atoms with E-state index in [9.17, 15) is 26.7 Å². The first kappa shape index (κ1) is 28.9. The highest BCUT2D eigenvalue weighted by molar-refractivity contribution is 6.04. The number of rotatable bonds is 8. The first-order valence-electron chi connectivity index (χ1n) is 12.9. The molecule has 2 aromatic carbocycles. The van der Waals surface area contributed by atoms with Crippen LogP contribution in [-0.4, -0.2) is 56.6 Å². The van der Waals surface area contributed by atoms with E-state index < -0.39 is 36.7 Å². The molecular formula is C28H27F5N8O. The molecule has 5 rings (SSSR count). The van der Waals surface area contributed by atoms with Crippen LogP contribution in [0.2, 0.25) is 0 Å². The summed E-state index contributed by atoms with van der Waals surface area (Å²) in [7, 11) is 1.73. The summed E-state index contributed by atoms with van der Waals surface area (Å²) in [6.07, 6.45) is -3.31. The van der Waals surface area contributed by atoms with Crippen molar-refractivity contribution in [1.29, 1.82) is 0 Å². The molecule has 42 heavy (non-hydrogen) atoms. The average Bonchev–Trinajstić information content (AvgIpc) is 3.28. The zero-order valence-electron chi connectivity index (χ0n) is 22.9. The highest BCUT2D eigenvalue weighted by atomic mass is 19.4. The molecule has 220 valence electrons. The molecule has 0 unspecified atom stereocenters. The van der Waals surface area contributed by atoms with Gasteiger partial charge in [-0.2, -0.15) is 23.0 Å². The molecular weight excluding hydrogens is 559 g/mol. The Balaban J connectivity index is 1.38. The van der Waals surface area contributed by atoms with Crippen LogP contribution in [0, 0.1) is 13.8 Å². The van der Waals surface area contributed by atoms with Gasteiger partial charge in [-0.15, -0.1) is 0 Å². The molecule has 0 saturated carbocycles. The highest BCUT2D eigenvalue weighted by Crippen LogP contribution is 2.33. The minimum absolute atomic E-state index is 0.117. The number of carbonyl (C=O) groups is 1. The van der Waals surface area contributed by atoms with Crippen LogP contribution >= 0.6 is 0 Å². The number of carbonyl (C=O) groups excluding carboxylic acids is 1. The van der Waals surface area contributed by atoms with Crippen molar-refractivity contribution >= 4 is 28.9 Å². The Morgan fingerprint density at radius 3 is 2.48 bits per heavy atom. The number of amides is 1. The van der Waals surface area contributed by atoms with Gasteiger partial charge in [-0.3, -0.25) is 9.69 Å². The van der Waals surface area contributed by atoms with Gasteiger partial charge in [0.15, 0.2) is 5.82 Å². The molecule has 2 aromatic heterocycles. The summed E-state index contributed by atoms with van der Waals surface area (Å²) in [5.74, 6) is -1.94. The fourth-order valence-electron chi connectivity index (χ4n) is 4.59. The number of halogens is 5. The van der Waals surface area contributed by atoms with Crippen molar-refractivity contribution in [2.75, 3.05) is 36.1 Å². The number of hydrogen-bond acceptors (Lipinski definition) is 7. The highest BCUT2D eigenvalue weighted by Gasteiger charge is 2.43. The summed E-state index contributed by atoms with van der Waals surface area (Å²) in [6.45, 7) is 2.45. The fourth-order valence-corrected chi connectivity index (χ4v) is 4.59. The predicted octanol–water partition coefficient (Wildman–Crippen LogP) is 5.79. The molecule has 1 saturated heterocycles. The second-order valence-corrected chi connectivity index (χ2v) is 10.1. The zero-order valence-corrected chi connectivity index (χ0v) is 22.9. The molecule has 3 heterocycles. The first-order valence-corrected chi connectivity index (χ1v) is 12.9. The lowest BCUT2D eigenvalue weighted by molar-refractivity contribution is -0.139. The lowest BCUT2D eigenvalue weighted by Crippen LogP contribution is -2.55. The van der Waals surface area contributed by atoms with Crippen LogP contribution in [0.4, 0.5) is 45.0 Å². The number of alkyl halides is 5. The summed E-state index contributed by atoms with van der Waals surface area (Å²) in [5, 5.41) is 13.4. The smallest absolute Gasteiger partial charge is 0.373 e. The van der Waals surface area contributed by atoms with Gasteiger partial charge in [0.2, 0.25) is 0 Å². The molecule has 0 radical (unpaired) electrons. The van der Waals surface area contributed by atoms with Crippen molar-refractivity contribution in [2.45, 2.75) is 32.5 Å². The van der Waals surface area contributed by atoms with E-state index in [0.717, 1.165) is 17.7 Å². The third-order valence-electron chi connectivity index (χ3n) is 6.61. The number of likely N-dealkylation sites (tertiary alicyclic amines) is 1. The van der Waals surface area contributed by atoms with Gasteiger partial charge in [0, 0.05) is 42.7 Å². The Morgan fingerprint density at radius 1 is 1.02 bits per heavy atom. The number of hydrogen-bond donors (Lipinski definition) is 3. The number of benzene rings is 2. The van der Waals surface area contributed by atoms with Gasteiger partial charge in [0.05, 0.1) is 24.3 Å². The summed E-state index contributed by atoms with van der Waals surface area (Å²) in [6, 6.07) is 11.5. The molecule has 3 N–H and O–H groups in total. The average molecular weight is 587 g/mol. The summed E-state index contributed by atoms with van der Waals surface area (Å²) < 4.78 is 68.9. The van der Waals surface area contributed by atoms with E-state index in [1.54, 1.807) is 36.0 Å². The minimum Gasteiger partial charge on any atom is -0.373 e. The molecule has 0 spiro atoms. The van der Waals surface area contributed by atoms with E-state index in [1.807, 2.05) is 19.9 Å². The number of nitrogens with one attached hydrogen (secondary N) is 3. The van der Waals surface area contributed by atoms with Crippen molar-refractivity contribution in [3.63, 3.8) is 0 Å². The molecule has 1 amide bonds. The van der Waals surface area contributed by atoms with E-state index >= 15 is 0 Å². The third kappa shape index (κ3) is 6.48. The van der Waals surface area contributed by atoms with E-state index in [-0.39, 0.29) is 17.7 Å². The number of aromatic nitrogens is 4. The van der Waals surface area contributed by atoms with E-state index in [0.29, 0.717) is 34.5 Å². The van der Waals surface area contributed by atoms with Crippen LogP contribution in [0.15, 0.2) is 54.9 Å². The minimum atomic E-state index is -4.72. The summed E-state index contributed by atoms with van der Waals surface area (Å²) in [5.41, 5.74) is 1.33. The van der Waals surface area contributed by atoms with Crippen LogP contribution in [0.25, 0.3) is 5.82 Å². The number of anilines is 4. The topological polar surface area (TPSA) is 100 Å². The zero-order chi connectivity index (χ0) is 30.2. The summed E-state index contributed by atoms with van der Waals surface area (Å²) >= 11 is 0. The van der Waals surface area contributed by atoms with Crippen LogP contribution in [0.1, 0.15) is 32.7 Å². The van der Waals surface area contributed by atoms with Gasteiger partial charge in [0.1, 0.15) is 18.0 Å². The van der Waals surface area contributed by atoms with E-state index in [1.165, 1.54) is 17.3 Å². The Morgan fingerprint density at radius 2 is 1.79 bits per heavy atom. The maximum atomic E-state index is 13.6. The van der Waals surface area contributed by atoms with E-state index in [2.05, 4.69) is 31.0 Å². The monoisotopic (exact) mass is 586 g/mol. The first-order chi connectivity index (χ1) is 19.8. The maximum absolute atomic E-state index is 13.6. The lowest BCUT2D eigenvalue weighted by Gasteiger charge is -2.38. The van der Waals surface area contributed by atoms with Crippen LogP contribution in [0.5, 0.6) is 0 Å². The molecule has 0 aliphatic carbocycles. The second kappa shape index (κ2) is 11.0. The van der Waals surface area contributed by atoms with Gasteiger partial charge in [0.25, 0.3) is 11.8 Å². The third-order valence-corrected chi connectivity index (χ3v) is 6.61. The fraction of sp³-hybridized carbons (Fsp3) is 0.286. The lowest BCUT2D eigenvalue weighted by atomic mass is 10.0. The quantitative estimate of drug-likeness (QED) is 0.225. The van der Waals surface area contributed by atoms with Crippen LogP contribution in [-0.2, 0) is 12.7 Å². The normalized spacial score (nSPS) is 14.8. The summed E-state index contributed by atoms with van der Waals surface area (Å²) in [4.78, 5) is 22.8. The predicted molar refractivity (Wildman–Crippen MR) is 148 cm³/mol. The van der Waals surface area contributed by atoms with Crippen molar-refractivity contribution in [3.8, 4) is 5.82 Å². The Kier molecular flexibility index (Phi) is 7.58. The largest absolute Gasteiger partial charge is 0.416 e. The molecule has 14 heteroatoms. The van der Waals surface area contributed by atoms with E-state index in [4.69, 9.17) is 0 Å². The standard InChI is InChI=1S/C28H27F5N8O/c1-16-4-5-21(10-22(16)38-25-6-17(2)39-41(25)24-11-23(34-3)35-15-36-24)37-26(42)19-7-18(8-20(9-19)28(31,32)33)12-40-13-27(29,30)14-40/h4-11,15,38H,12-14H2,1-3H3,(H,37,42)(H,34,35,36). The van der Waals surface area contributed by atoms with Crippen LogP contribution in [0.3, 0.4) is 0 Å². The molecule has 1 aliphatic heterocycles.